The summed E-state index contributed by atoms with van der Waals surface area (Å²) in [6.07, 6.45) is 2.09. The summed E-state index contributed by atoms with van der Waals surface area (Å²) in [5.41, 5.74) is 0. The van der Waals surface area contributed by atoms with E-state index in [9.17, 15) is 4.79 Å². The first kappa shape index (κ1) is 23.7. The lowest BCUT2D eigenvalue weighted by Crippen LogP contribution is -2.36. The molecule has 0 aromatic heterocycles. The van der Waals surface area contributed by atoms with Crippen molar-refractivity contribution in [1.29, 1.82) is 0 Å². The topological polar surface area (TPSA) is 54.0 Å². The number of carbonyl (C=O) groups is 1. The Morgan fingerprint density at radius 2 is 1.76 bits per heavy atom. The van der Waals surface area contributed by atoms with E-state index in [0.29, 0.717) is 6.61 Å². The van der Waals surface area contributed by atoms with Crippen LogP contribution >= 0.6 is 0 Å². The molecule has 1 aromatic carbocycles. The highest BCUT2D eigenvalue weighted by molar-refractivity contribution is 6.61. The van der Waals surface area contributed by atoms with Crippen LogP contribution in [0.3, 0.4) is 0 Å². The molecular weight excluding hydrogens is 352 g/mol. The summed E-state index contributed by atoms with van der Waals surface area (Å²) in [5.74, 6) is -0.340. The molecule has 0 heterocycles. The molecule has 0 amide bonds. The minimum atomic E-state index is -1.59. The second-order valence-corrected chi connectivity index (χ2v) is 8.45. The maximum Gasteiger partial charge on any atom is 0.355 e. The maximum atomic E-state index is 10.5. The van der Waals surface area contributed by atoms with Gasteiger partial charge in [-0.05, 0) is 38.4 Å². The average molecular weight is 385 g/mol. The standard InChI is InChI=1S/C10H16O2Si.C8H16O3Si/c1-3-11-13(12-4-2)10-8-6-5-7-9-10;1-3-8(9)10-6-5-7-12-11-4-2/h5-9,13H,3-4H2,1-2H3;3H,1,4-7,12H2,2H3. The minimum Gasteiger partial charge on any atom is -0.463 e. The van der Waals surface area contributed by atoms with Crippen molar-refractivity contribution in [2.45, 2.75) is 33.2 Å². The summed E-state index contributed by atoms with van der Waals surface area (Å²) in [6, 6.07) is 11.3. The molecule has 0 bridgehead atoms. The molecule has 0 spiro atoms. The maximum absolute atomic E-state index is 10.5. The third kappa shape index (κ3) is 13.7. The fourth-order valence-electron chi connectivity index (χ4n) is 1.84. The van der Waals surface area contributed by atoms with E-state index in [4.69, 9.17) is 18.0 Å². The van der Waals surface area contributed by atoms with Crippen LogP contribution in [0.1, 0.15) is 27.2 Å². The zero-order valence-electron chi connectivity index (χ0n) is 15.7. The van der Waals surface area contributed by atoms with Crippen molar-refractivity contribution >= 4 is 30.2 Å². The molecule has 0 unspecified atom stereocenters. The van der Waals surface area contributed by atoms with Crippen molar-refractivity contribution in [2.75, 3.05) is 26.4 Å². The van der Waals surface area contributed by atoms with Crippen molar-refractivity contribution < 1.29 is 22.8 Å². The second kappa shape index (κ2) is 17.6. The SMILES string of the molecule is C=CC(=O)OCCC[SiH2]OCC.CCO[SiH](OCC)c1ccccc1. The lowest BCUT2D eigenvalue weighted by Gasteiger charge is -2.14. The molecule has 0 N–H and O–H groups in total. The van der Waals surface area contributed by atoms with Gasteiger partial charge < -0.3 is 18.0 Å². The third-order valence-electron chi connectivity index (χ3n) is 3.01. The molecular formula is C18H32O5Si2. The first-order valence-corrected chi connectivity index (χ1v) is 11.9. The normalized spacial score (nSPS) is 10.6. The summed E-state index contributed by atoms with van der Waals surface area (Å²) in [4.78, 5) is 10.5. The molecule has 0 radical (unpaired) electrons. The molecule has 0 aliphatic heterocycles. The zero-order valence-corrected chi connectivity index (χ0v) is 18.3. The van der Waals surface area contributed by atoms with Crippen molar-refractivity contribution in [3.8, 4) is 0 Å². The average Bonchev–Trinajstić information content (AvgIpc) is 2.65. The number of carbonyl (C=O) groups excluding carboxylic acids is 1. The van der Waals surface area contributed by atoms with Crippen LogP contribution in [0.25, 0.3) is 0 Å². The van der Waals surface area contributed by atoms with Crippen LogP contribution in [-0.4, -0.2) is 51.4 Å². The summed E-state index contributed by atoms with van der Waals surface area (Å²) in [5, 5.41) is 1.21. The van der Waals surface area contributed by atoms with E-state index < -0.39 is 9.28 Å². The van der Waals surface area contributed by atoms with E-state index >= 15 is 0 Å². The van der Waals surface area contributed by atoms with Gasteiger partial charge in [-0.3, -0.25) is 0 Å². The molecule has 0 atom stereocenters. The van der Waals surface area contributed by atoms with Crippen molar-refractivity contribution in [1.82, 2.24) is 0 Å². The molecule has 0 aliphatic carbocycles. The van der Waals surface area contributed by atoms with Crippen LogP contribution in [0, 0.1) is 0 Å². The van der Waals surface area contributed by atoms with Crippen molar-refractivity contribution in [3.63, 3.8) is 0 Å². The molecule has 1 aromatic rings. The quantitative estimate of drug-likeness (QED) is 0.238. The second-order valence-electron chi connectivity index (χ2n) is 4.93. The van der Waals surface area contributed by atoms with Gasteiger partial charge in [-0.15, -0.1) is 0 Å². The molecule has 5 nitrogen and oxygen atoms in total. The van der Waals surface area contributed by atoms with Crippen molar-refractivity contribution in [2.24, 2.45) is 0 Å². The Morgan fingerprint density at radius 3 is 2.28 bits per heavy atom. The lowest BCUT2D eigenvalue weighted by molar-refractivity contribution is -0.137. The Labute approximate surface area is 156 Å². The minimum absolute atomic E-state index is 0.340. The van der Waals surface area contributed by atoms with Gasteiger partial charge in [0.1, 0.15) is 0 Å². The summed E-state index contributed by atoms with van der Waals surface area (Å²) in [7, 11) is -1.95. The van der Waals surface area contributed by atoms with Gasteiger partial charge in [0, 0.05) is 25.9 Å². The van der Waals surface area contributed by atoms with Crippen LogP contribution in [0.2, 0.25) is 6.04 Å². The van der Waals surface area contributed by atoms with Crippen LogP contribution < -0.4 is 5.19 Å². The Bertz CT molecular complexity index is 436. The van der Waals surface area contributed by atoms with Gasteiger partial charge in [0.2, 0.25) is 0 Å². The fourth-order valence-corrected chi connectivity index (χ4v) is 4.36. The molecule has 142 valence electrons. The van der Waals surface area contributed by atoms with Gasteiger partial charge >= 0.3 is 15.3 Å². The van der Waals surface area contributed by atoms with Gasteiger partial charge in [-0.25, -0.2) is 4.79 Å². The van der Waals surface area contributed by atoms with Crippen molar-refractivity contribution in [3.05, 3.63) is 43.0 Å². The largest absolute Gasteiger partial charge is 0.463 e. The van der Waals surface area contributed by atoms with E-state index in [0.717, 1.165) is 32.3 Å². The Hall–Kier alpha value is -1.26. The first-order chi connectivity index (χ1) is 12.2. The molecule has 1 rings (SSSR count). The van der Waals surface area contributed by atoms with Gasteiger partial charge in [0.25, 0.3) is 0 Å². The molecule has 0 saturated heterocycles. The van der Waals surface area contributed by atoms with E-state index in [2.05, 4.69) is 18.7 Å². The first-order valence-electron chi connectivity index (χ1n) is 8.84. The summed E-state index contributed by atoms with van der Waals surface area (Å²) in [6.45, 7) is 12.0. The summed E-state index contributed by atoms with van der Waals surface area (Å²) < 4.78 is 21.2. The van der Waals surface area contributed by atoms with Gasteiger partial charge in [0.15, 0.2) is 9.76 Å². The van der Waals surface area contributed by atoms with Crippen LogP contribution in [0.15, 0.2) is 43.0 Å². The van der Waals surface area contributed by atoms with Crippen LogP contribution in [0.5, 0.6) is 0 Å². The number of rotatable bonds is 12. The predicted molar refractivity (Wildman–Crippen MR) is 107 cm³/mol. The van der Waals surface area contributed by atoms with E-state index in [-0.39, 0.29) is 15.7 Å². The summed E-state index contributed by atoms with van der Waals surface area (Å²) >= 11 is 0. The highest BCUT2D eigenvalue weighted by Gasteiger charge is 2.13. The Morgan fingerprint density at radius 1 is 1.12 bits per heavy atom. The smallest absolute Gasteiger partial charge is 0.355 e. The monoisotopic (exact) mass is 384 g/mol. The lowest BCUT2D eigenvalue weighted by atomic mass is 10.4. The van der Waals surface area contributed by atoms with Crippen LogP contribution in [-0.2, 0) is 22.8 Å². The number of hydrogen-bond donors (Lipinski definition) is 0. The molecule has 7 heteroatoms. The van der Waals surface area contributed by atoms with Crippen LogP contribution in [0.4, 0.5) is 0 Å². The zero-order chi connectivity index (χ0) is 18.8. The van der Waals surface area contributed by atoms with Gasteiger partial charge in [0.05, 0.1) is 6.61 Å². The Balaban J connectivity index is 0.000000463. The highest BCUT2D eigenvalue weighted by Crippen LogP contribution is 1.93. The van der Waals surface area contributed by atoms with E-state index in [1.165, 1.54) is 11.3 Å². The van der Waals surface area contributed by atoms with Gasteiger partial charge in [-0.2, -0.15) is 0 Å². The predicted octanol–water partition coefficient (Wildman–Crippen LogP) is 1.83. The molecule has 25 heavy (non-hydrogen) atoms. The van der Waals surface area contributed by atoms with E-state index in [1.807, 2.05) is 39.0 Å². The fraction of sp³-hybridized carbons (Fsp3) is 0.500. The van der Waals surface area contributed by atoms with Gasteiger partial charge in [-0.1, -0.05) is 36.9 Å². The Kier molecular flexibility index (Phi) is 16.7. The van der Waals surface area contributed by atoms with E-state index in [1.54, 1.807) is 0 Å². The molecule has 0 fully saturated rings. The number of benzene rings is 1. The highest BCUT2D eigenvalue weighted by atomic mass is 28.3. The third-order valence-corrected chi connectivity index (χ3v) is 6.69. The number of hydrogen-bond acceptors (Lipinski definition) is 5. The number of esters is 1. The molecule has 0 aliphatic rings. The molecule has 0 saturated carbocycles. The number of ether oxygens (including phenoxy) is 1.